The van der Waals surface area contributed by atoms with Crippen LogP contribution in [-0.4, -0.2) is 62.1 Å². The number of benzene rings is 1. The van der Waals surface area contributed by atoms with E-state index in [1.807, 2.05) is 30.3 Å². The van der Waals surface area contributed by atoms with Gasteiger partial charge in [-0.15, -0.1) is 0 Å². The summed E-state index contributed by atoms with van der Waals surface area (Å²) in [7, 11) is -6.18. The molecule has 11 nitrogen and oxygen atoms in total. The van der Waals surface area contributed by atoms with Crippen molar-refractivity contribution >= 4 is 22.9 Å². The van der Waals surface area contributed by atoms with Crippen molar-refractivity contribution in [3.8, 4) is 0 Å². The molecule has 0 spiro atoms. The number of ketones is 1. The number of fused-ring (bicyclic) bond motifs is 1. The van der Waals surface area contributed by atoms with E-state index in [0.717, 1.165) is 14.7 Å². The molecule has 13 heteroatoms. The highest BCUT2D eigenvalue weighted by Gasteiger charge is 2.67. The Balaban J connectivity index is 1.85. The van der Waals surface area contributed by atoms with Crippen molar-refractivity contribution in [2.45, 2.75) is 129 Å². The lowest BCUT2D eigenvalue weighted by atomic mass is 9.91. The summed E-state index contributed by atoms with van der Waals surface area (Å²) in [5, 5.41) is 11.8. The SMILES string of the molecule is CC(C)[C@H](O)[C@@]1(n2ccc(=O)n(COCc3ccccc3)c2=O)O[C@@H]2CO[Si](C(C)C)(C(C)C)O[Si](C(C)C)(C(C)C)O[C@H]2C1=O. The summed E-state index contributed by atoms with van der Waals surface area (Å²) in [5.74, 6) is -1.12. The molecule has 2 aliphatic heterocycles. The quantitative estimate of drug-likeness (QED) is 0.335. The maximum Gasteiger partial charge on any atom is 0.335 e. The van der Waals surface area contributed by atoms with E-state index < -0.39 is 64.1 Å². The molecular weight excluding hydrogens is 625 g/mol. The second kappa shape index (κ2) is 14.1. The molecule has 0 aliphatic carbocycles. The fraction of sp³-hybridized carbons (Fsp3) is 0.667. The van der Waals surface area contributed by atoms with Gasteiger partial charge in [0.1, 0.15) is 25.0 Å². The average Bonchev–Trinajstić information content (AvgIpc) is 3.24. The number of aromatic nitrogens is 2. The number of hydrogen-bond acceptors (Lipinski definition) is 9. The van der Waals surface area contributed by atoms with Crippen LogP contribution in [0, 0.1) is 5.92 Å². The van der Waals surface area contributed by atoms with Crippen LogP contribution in [0.5, 0.6) is 0 Å². The monoisotopic (exact) mass is 676 g/mol. The summed E-state index contributed by atoms with van der Waals surface area (Å²) < 4.78 is 35.3. The number of ether oxygens (including phenoxy) is 2. The third-order valence-electron chi connectivity index (χ3n) is 9.39. The first kappa shape index (κ1) is 36.6. The lowest BCUT2D eigenvalue weighted by Gasteiger charge is -2.50. The second-order valence-electron chi connectivity index (χ2n) is 14.1. The highest BCUT2D eigenvalue weighted by molar-refractivity contribution is 6.84. The van der Waals surface area contributed by atoms with Gasteiger partial charge in [0.25, 0.3) is 5.56 Å². The van der Waals surface area contributed by atoms with E-state index in [-0.39, 0.29) is 42.1 Å². The topological polar surface area (TPSA) is 127 Å². The fourth-order valence-corrected chi connectivity index (χ4v) is 18.0. The number of rotatable bonds is 11. The summed E-state index contributed by atoms with van der Waals surface area (Å²) in [6.07, 6.45) is -2.34. The van der Waals surface area contributed by atoms with Crippen LogP contribution < -0.4 is 11.2 Å². The minimum absolute atomic E-state index is 0.0131. The molecule has 2 saturated heterocycles. The molecule has 2 aromatic rings. The molecule has 0 amide bonds. The van der Waals surface area contributed by atoms with Gasteiger partial charge in [0.2, 0.25) is 11.5 Å². The summed E-state index contributed by atoms with van der Waals surface area (Å²) in [4.78, 5) is 41.8. The van der Waals surface area contributed by atoms with Crippen LogP contribution in [0.3, 0.4) is 0 Å². The van der Waals surface area contributed by atoms with Crippen molar-refractivity contribution in [2.75, 3.05) is 6.61 Å². The molecule has 4 rings (SSSR count). The van der Waals surface area contributed by atoms with E-state index in [9.17, 15) is 19.5 Å². The first-order valence-electron chi connectivity index (χ1n) is 16.4. The van der Waals surface area contributed by atoms with Gasteiger partial charge >= 0.3 is 22.8 Å². The lowest BCUT2D eigenvalue weighted by Crippen LogP contribution is -2.65. The molecular formula is C33H52N2O9Si2. The van der Waals surface area contributed by atoms with Gasteiger partial charge < -0.3 is 27.5 Å². The van der Waals surface area contributed by atoms with Crippen molar-refractivity contribution in [3.05, 3.63) is 69.0 Å². The third-order valence-corrected chi connectivity index (χ3v) is 19.6. The molecule has 0 unspecified atom stereocenters. The minimum atomic E-state index is -3.23. The van der Waals surface area contributed by atoms with Crippen molar-refractivity contribution in [3.63, 3.8) is 0 Å². The van der Waals surface area contributed by atoms with Crippen LogP contribution in [0.25, 0.3) is 0 Å². The summed E-state index contributed by atoms with van der Waals surface area (Å²) in [6, 6.07) is 10.5. The molecule has 46 heavy (non-hydrogen) atoms. The molecule has 2 aliphatic rings. The minimum Gasteiger partial charge on any atom is -0.414 e. The Hall–Kier alpha value is -2.24. The molecule has 1 aromatic carbocycles. The number of carbonyl (C=O) groups is 1. The third kappa shape index (κ3) is 6.32. The van der Waals surface area contributed by atoms with E-state index in [4.69, 9.17) is 22.4 Å². The molecule has 1 aromatic heterocycles. The van der Waals surface area contributed by atoms with Crippen molar-refractivity contribution in [2.24, 2.45) is 5.92 Å². The van der Waals surface area contributed by atoms with Crippen molar-refractivity contribution in [1.29, 1.82) is 0 Å². The zero-order valence-corrected chi connectivity index (χ0v) is 30.9. The van der Waals surface area contributed by atoms with Crippen molar-refractivity contribution < 1.29 is 32.3 Å². The van der Waals surface area contributed by atoms with E-state index in [1.54, 1.807) is 13.8 Å². The van der Waals surface area contributed by atoms with Gasteiger partial charge in [-0.1, -0.05) is 99.6 Å². The highest BCUT2D eigenvalue weighted by atomic mass is 28.5. The highest BCUT2D eigenvalue weighted by Crippen LogP contribution is 2.49. The Morgan fingerprint density at radius 2 is 1.48 bits per heavy atom. The second-order valence-corrected chi connectivity index (χ2v) is 23.0. The maximum atomic E-state index is 14.8. The lowest BCUT2D eigenvalue weighted by molar-refractivity contribution is -0.193. The molecule has 1 N–H and O–H groups in total. The Morgan fingerprint density at radius 3 is 2.02 bits per heavy atom. The number of carbonyl (C=O) groups excluding carboxylic acids is 1. The normalized spacial score (nSPS) is 25.3. The fourth-order valence-electron chi connectivity index (χ4n) is 6.80. The van der Waals surface area contributed by atoms with E-state index in [1.165, 1.54) is 12.3 Å². The van der Waals surface area contributed by atoms with Gasteiger partial charge in [-0.2, -0.15) is 0 Å². The number of aliphatic hydroxyl groups is 1. The first-order valence-corrected chi connectivity index (χ1v) is 20.4. The van der Waals surface area contributed by atoms with E-state index in [2.05, 4.69) is 55.4 Å². The zero-order chi connectivity index (χ0) is 34.2. The number of hydrogen-bond donors (Lipinski definition) is 1. The Morgan fingerprint density at radius 1 is 0.891 bits per heavy atom. The zero-order valence-electron chi connectivity index (χ0n) is 28.9. The van der Waals surface area contributed by atoms with Gasteiger partial charge in [0, 0.05) is 12.3 Å². The van der Waals surface area contributed by atoms with Gasteiger partial charge in [-0.3, -0.25) is 14.2 Å². The van der Waals surface area contributed by atoms with Gasteiger partial charge in [0.05, 0.1) is 13.2 Å². The van der Waals surface area contributed by atoms with Crippen LogP contribution in [0.15, 0.2) is 52.2 Å². The summed E-state index contributed by atoms with van der Waals surface area (Å²) >= 11 is 0. The molecule has 2 fully saturated rings. The molecule has 0 saturated carbocycles. The van der Waals surface area contributed by atoms with Crippen LogP contribution in [0.4, 0.5) is 0 Å². The van der Waals surface area contributed by atoms with Gasteiger partial charge in [-0.05, 0) is 33.6 Å². The Bertz CT molecular complexity index is 1460. The Labute approximate surface area is 274 Å². The molecule has 256 valence electrons. The largest absolute Gasteiger partial charge is 0.414 e. The van der Waals surface area contributed by atoms with Crippen LogP contribution >= 0.6 is 0 Å². The van der Waals surface area contributed by atoms with Crippen LogP contribution in [0.1, 0.15) is 74.8 Å². The maximum absolute atomic E-state index is 14.8. The van der Waals surface area contributed by atoms with E-state index in [0.29, 0.717) is 0 Å². The number of Topliss-reactive ketones (excluding diaryl/α,β-unsaturated/α-hetero) is 1. The molecule has 3 heterocycles. The number of nitrogens with zero attached hydrogens (tertiary/aromatic N) is 2. The summed E-state index contributed by atoms with van der Waals surface area (Å²) in [5.41, 5.74) is -2.73. The standard InChI is InChI=1S/C33H52N2O9Si2/c1-21(2)30(37)33(35-17-16-28(36)34(32(35)39)20-40-18-26-14-12-11-13-15-26)31(38)29-27(42-33)19-41-45(22(3)4,23(5)6)44-46(43-29,24(7)8)25(9)10/h11-17,21-25,27,29-30,37H,18-20H2,1-10H3/t27-,29-,30+,33-/m1/s1. The van der Waals surface area contributed by atoms with Crippen LogP contribution in [0.2, 0.25) is 22.2 Å². The van der Waals surface area contributed by atoms with E-state index >= 15 is 0 Å². The average molecular weight is 677 g/mol. The molecule has 4 atom stereocenters. The molecule has 0 bridgehead atoms. The summed E-state index contributed by atoms with van der Waals surface area (Å²) in [6.45, 7) is 19.9. The number of aliphatic hydroxyl groups excluding tert-OH is 1. The van der Waals surface area contributed by atoms with Gasteiger partial charge in [-0.25, -0.2) is 9.36 Å². The van der Waals surface area contributed by atoms with Crippen molar-refractivity contribution in [1.82, 2.24) is 9.13 Å². The van der Waals surface area contributed by atoms with Gasteiger partial charge in [0.15, 0.2) is 0 Å². The predicted molar refractivity (Wildman–Crippen MR) is 179 cm³/mol. The van der Waals surface area contributed by atoms with Crippen LogP contribution in [-0.2, 0) is 46.3 Å². The first-order chi connectivity index (χ1) is 21.5. The molecule has 0 radical (unpaired) electrons. The predicted octanol–water partition coefficient (Wildman–Crippen LogP) is 4.78. The smallest absolute Gasteiger partial charge is 0.335 e. The Kier molecular flexibility index (Phi) is 11.2.